The van der Waals surface area contributed by atoms with Crippen LogP contribution in [0.3, 0.4) is 0 Å². The highest BCUT2D eigenvalue weighted by molar-refractivity contribution is 5.96. The third-order valence-electron chi connectivity index (χ3n) is 3.50. The van der Waals surface area contributed by atoms with Crippen LogP contribution in [0.5, 0.6) is 0 Å². The van der Waals surface area contributed by atoms with Crippen LogP contribution in [0.25, 0.3) is 0 Å². The average Bonchev–Trinajstić information content (AvgIpc) is 2.60. The van der Waals surface area contributed by atoms with Gasteiger partial charge in [0.1, 0.15) is 18.6 Å². The normalized spacial score (nSPS) is 13.2. The Hall–Kier alpha value is -3.75. The van der Waals surface area contributed by atoms with E-state index in [2.05, 4.69) is 10.6 Å². The first-order valence-electron chi connectivity index (χ1n) is 8.47. The van der Waals surface area contributed by atoms with Gasteiger partial charge in [-0.3, -0.25) is 33.6 Å². The highest BCUT2D eigenvalue weighted by atomic mass is 16.4. The molecule has 0 bridgehead atoms. The Morgan fingerprint density at radius 2 is 1.30 bits per heavy atom. The van der Waals surface area contributed by atoms with Crippen LogP contribution in [0.2, 0.25) is 0 Å². The Labute approximate surface area is 169 Å². The number of nitrogens with two attached hydrogens (primary N) is 3. The van der Waals surface area contributed by atoms with Crippen molar-refractivity contribution in [3.8, 4) is 0 Å². The molecule has 5 amide bonds. The average molecular weight is 432 g/mol. The van der Waals surface area contributed by atoms with Gasteiger partial charge in [-0.05, 0) is 6.42 Å². The number of carboxylic acids is 2. The zero-order chi connectivity index (χ0) is 23.4. The highest BCUT2D eigenvalue weighted by Gasteiger charge is 2.30. The second kappa shape index (κ2) is 12.7. The lowest BCUT2D eigenvalue weighted by Crippen LogP contribution is -2.56. The van der Waals surface area contributed by atoms with Gasteiger partial charge in [-0.15, -0.1) is 0 Å². The molecule has 15 nitrogen and oxygen atoms in total. The summed E-state index contributed by atoms with van der Waals surface area (Å²) in [6.45, 7) is -0.825. The van der Waals surface area contributed by atoms with Crippen LogP contribution in [-0.4, -0.2) is 76.4 Å². The first-order valence-corrected chi connectivity index (χ1v) is 8.47. The van der Waals surface area contributed by atoms with Crippen molar-refractivity contribution >= 4 is 41.5 Å². The van der Waals surface area contributed by atoms with E-state index in [0.717, 1.165) is 0 Å². The van der Waals surface area contributed by atoms with E-state index in [1.807, 2.05) is 5.32 Å². The van der Waals surface area contributed by atoms with Crippen molar-refractivity contribution in [1.29, 1.82) is 0 Å². The molecule has 0 aromatic rings. The fraction of sp³-hybridized carbons (Fsp3) is 0.533. The Morgan fingerprint density at radius 1 is 0.733 bits per heavy atom. The fourth-order valence-corrected chi connectivity index (χ4v) is 2.09. The number of hydrogen-bond acceptors (Lipinski definition) is 8. The van der Waals surface area contributed by atoms with Gasteiger partial charge in [-0.2, -0.15) is 0 Å². The molecule has 0 radical (unpaired) electrons. The molecule has 0 heterocycles. The third-order valence-corrected chi connectivity index (χ3v) is 3.50. The van der Waals surface area contributed by atoms with Crippen molar-refractivity contribution in [3.05, 3.63) is 0 Å². The lowest BCUT2D eigenvalue weighted by Gasteiger charge is -2.23. The largest absolute Gasteiger partial charge is 0.481 e. The quantitative estimate of drug-likeness (QED) is 0.129. The number of rotatable bonds is 14. The van der Waals surface area contributed by atoms with Gasteiger partial charge in [0, 0.05) is 6.42 Å². The molecular weight excluding hydrogens is 408 g/mol. The van der Waals surface area contributed by atoms with Gasteiger partial charge in [0.25, 0.3) is 0 Å². The van der Waals surface area contributed by atoms with E-state index in [1.165, 1.54) is 0 Å². The number of amides is 5. The van der Waals surface area contributed by atoms with Crippen LogP contribution in [-0.2, 0) is 33.6 Å². The molecule has 0 aromatic carbocycles. The van der Waals surface area contributed by atoms with Gasteiger partial charge in [0.15, 0.2) is 0 Å². The molecular formula is C15H24N6O9. The number of carbonyl (C=O) groups excluding carboxylic acids is 5. The molecule has 168 valence electrons. The van der Waals surface area contributed by atoms with Gasteiger partial charge < -0.3 is 43.4 Å². The Bertz CT molecular complexity index is 711. The molecule has 11 N–H and O–H groups in total. The summed E-state index contributed by atoms with van der Waals surface area (Å²) in [6, 6.07) is -4.55. The molecule has 0 rings (SSSR count). The first-order chi connectivity index (χ1) is 13.8. The molecule has 0 aliphatic heterocycles. The maximum atomic E-state index is 12.5. The van der Waals surface area contributed by atoms with Crippen LogP contribution in [0.4, 0.5) is 0 Å². The summed E-state index contributed by atoms with van der Waals surface area (Å²) >= 11 is 0. The maximum Gasteiger partial charge on any atom is 0.322 e. The minimum atomic E-state index is -1.68. The molecule has 0 fully saturated rings. The molecule has 15 heteroatoms. The summed E-state index contributed by atoms with van der Waals surface area (Å²) in [4.78, 5) is 79.8. The van der Waals surface area contributed by atoms with E-state index in [0.29, 0.717) is 0 Å². The number of hydrogen-bond donors (Lipinski definition) is 8. The summed E-state index contributed by atoms with van der Waals surface area (Å²) in [5.41, 5.74) is 15.4. The molecule has 3 unspecified atom stereocenters. The van der Waals surface area contributed by atoms with Crippen LogP contribution in [0, 0.1) is 0 Å². The monoisotopic (exact) mass is 432 g/mol. The van der Waals surface area contributed by atoms with Gasteiger partial charge >= 0.3 is 11.9 Å². The summed E-state index contributed by atoms with van der Waals surface area (Å²) < 4.78 is 0. The molecule has 0 aliphatic rings. The van der Waals surface area contributed by atoms with Gasteiger partial charge in [0.05, 0.1) is 18.9 Å². The number of aliphatic carboxylic acids is 2. The summed E-state index contributed by atoms with van der Waals surface area (Å²) in [6.07, 6.45) is -2.12. The van der Waals surface area contributed by atoms with Crippen molar-refractivity contribution in [2.24, 2.45) is 17.2 Å². The molecule has 30 heavy (non-hydrogen) atoms. The second-order valence-electron chi connectivity index (χ2n) is 6.11. The highest BCUT2D eigenvalue weighted by Crippen LogP contribution is 2.02. The predicted octanol–water partition coefficient (Wildman–Crippen LogP) is -4.90. The lowest BCUT2D eigenvalue weighted by molar-refractivity contribution is -0.141. The third kappa shape index (κ3) is 11.2. The smallest absolute Gasteiger partial charge is 0.322 e. The van der Waals surface area contributed by atoms with Crippen molar-refractivity contribution in [2.45, 2.75) is 43.8 Å². The lowest BCUT2D eigenvalue weighted by atomic mass is 10.1. The standard InChI is InChI=1S/C15H24N6O9/c16-6(3-10(18)23)13(28)20-7(1-2-9(17)22)15(30)21-8(4-11(24)25)14(29)19-5-12(26)27/h6-8H,1-5,16H2,(H2,17,22)(H2,18,23)(H,19,29)(H,20,28)(H,21,30)(H,24,25)(H,26,27). The van der Waals surface area contributed by atoms with Crippen LogP contribution >= 0.6 is 0 Å². The summed E-state index contributed by atoms with van der Waals surface area (Å²) in [5, 5.41) is 23.6. The molecule has 0 spiro atoms. The van der Waals surface area contributed by atoms with Gasteiger partial charge in [0.2, 0.25) is 29.5 Å². The van der Waals surface area contributed by atoms with E-state index in [1.54, 1.807) is 0 Å². The zero-order valence-corrected chi connectivity index (χ0v) is 15.8. The van der Waals surface area contributed by atoms with Crippen molar-refractivity contribution < 1.29 is 43.8 Å². The van der Waals surface area contributed by atoms with E-state index in [9.17, 15) is 33.6 Å². The maximum absolute atomic E-state index is 12.5. The summed E-state index contributed by atoms with van der Waals surface area (Å²) in [5.74, 6) is -7.71. The summed E-state index contributed by atoms with van der Waals surface area (Å²) in [7, 11) is 0. The van der Waals surface area contributed by atoms with Crippen molar-refractivity contribution in [1.82, 2.24) is 16.0 Å². The number of primary amides is 2. The topological polar surface area (TPSA) is 274 Å². The first kappa shape index (κ1) is 26.2. The van der Waals surface area contributed by atoms with Gasteiger partial charge in [-0.1, -0.05) is 0 Å². The SMILES string of the molecule is NC(=O)CCC(NC(=O)C(N)CC(N)=O)C(=O)NC(CC(=O)O)C(=O)NCC(=O)O. The molecule has 0 saturated heterocycles. The molecule has 0 aliphatic carbocycles. The number of carboxylic acid groups (broad SMARTS) is 2. The predicted molar refractivity (Wildman–Crippen MR) is 97.0 cm³/mol. The van der Waals surface area contributed by atoms with Crippen molar-refractivity contribution in [2.75, 3.05) is 6.54 Å². The van der Waals surface area contributed by atoms with E-state index >= 15 is 0 Å². The van der Waals surface area contributed by atoms with E-state index in [-0.39, 0.29) is 12.8 Å². The molecule has 0 aromatic heterocycles. The Morgan fingerprint density at radius 3 is 1.77 bits per heavy atom. The number of nitrogens with one attached hydrogen (secondary N) is 3. The fourth-order valence-electron chi connectivity index (χ4n) is 2.09. The second-order valence-corrected chi connectivity index (χ2v) is 6.11. The minimum Gasteiger partial charge on any atom is -0.481 e. The van der Waals surface area contributed by atoms with Crippen molar-refractivity contribution in [3.63, 3.8) is 0 Å². The Kier molecular flexibility index (Phi) is 11.1. The van der Waals surface area contributed by atoms with Crippen LogP contribution in [0.15, 0.2) is 0 Å². The minimum absolute atomic E-state index is 0.327. The van der Waals surface area contributed by atoms with Crippen LogP contribution < -0.4 is 33.2 Å². The molecule has 0 saturated carbocycles. The zero-order valence-electron chi connectivity index (χ0n) is 15.8. The van der Waals surface area contributed by atoms with E-state index in [4.69, 9.17) is 27.4 Å². The number of carbonyl (C=O) groups is 7. The van der Waals surface area contributed by atoms with E-state index < -0.39 is 79.0 Å². The molecule has 3 atom stereocenters. The van der Waals surface area contributed by atoms with Crippen LogP contribution in [0.1, 0.15) is 25.7 Å². The van der Waals surface area contributed by atoms with Gasteiger partial charge in [-0.25, -0.2) is 0 Å². The Balaban J connectivity index is 5.34.